The van der Waals surface area contributed by atoms with Crippen molar-refractivity contribution < 1.29 is 22.7 Å². The average Bonchev–Trinajstić information content (AvgIpc) is 3.14. The summed E-state index contributed by atoms with van der Waals surface area (Å²) in [4.78, 5) is 33.4. The second kappa shape index (κ2) is 10.4. The summed E-state index contributed by atoms with van der Waals surface area (Å²) in [6.45, 7) is 7.65. The minimum atomic E-state index is -4.11. The van der Waals surface area contributed by atoms with Gasteiger partial charge in [-0.2, -0.15) is 12.7 Å². The van der Waals surface area contributed by atoms with Crippen LogP contribution in [0.3, 0.4) is 0 Å². The quantitative estimate of drug-likeness (QED) is 0.629. The molecule has 1 N–H and O–H groups in total. The molecule has 11 heteroatoms. The Kier molecular flexibility index (Phi) is 7.51. The van der Waals surface area contributed by atoms with Gasteiger partial charge in [0.05, 0.1) is 5.56 Å². The molecule has 2 fully saturated rings. The second-order valence-electron chi connectivity index (χ2n) is 9.97. The molecule has 2 aromatic rings. The van der Waals surface area contributed by atoms with Gasteiger partial charge in [0, 0.05) is 44.5 Å². The molecule has 2 amide bonds. The van der Waals surface area contributed by atoms with E-state index in [-0.39, 0.29) is 43.9 Å². The van der Waals surface area contributed by atoms with E-state index in [1.807, 2.05) is 30.3 Å². The largest absolute Gasteiger partial charge is 0.445 e. The summed E-state index contributed by atoms with van der Waals surface area (Å²) in [7, 11) is -4.11. The molecule has 0 saturated carbocycles. The van der Waals surface area contributed by atoms with Gasteiger partial charge in [-0.1, -0.05) is 37.3 Å². The van der Waals surface area contributed by atoms with Gasteiger partial charge in [0.15, 0.2) is 0 Å². The third-order valence-corrected chi connectivity index (χ3v) is 8.11. The van der Waals surface area contributed by atoms with Crippen LogP contribution in [0.2, 0.25) is 0 Å². The fourth-order valence-corrected chi connectivity index (χ4v) is 6.02. The molecule has 2 aliphatic rings. The van der Waals surface area contributed by atoms with Crippen LogP contribution in [0.4, 0.5) is 10.6 Å². The number of anilines is 1. The number of hydrogen-bond acceptors (Lipinski definition) is 7. The van der Waals surface area contributed by atoms with E-state index in [0.29, 0.717) is 11.7 Å². The fourth-order valence-electron chi connectivity index (χ4n) is 4.91. The van der Waals surface area contributed by atoms with E-state index in [0.717, 1.165) is 18.5 Å². The molecular formula is C25H33N5O5S. The summed E-state index contributed by atoms with van der Waals surface area (Å²) in [5.74, 6) is 0.181. The van der Waals surface area contributed by atoms with Gasteiger partial charge < -0.3 is 14.5 Å². The van der Waals surface area contributed by atoms with Gasteiger partial charge in [0.2, 0.25) is 0 Å². The first-order valence-electron chi connectivity index (χ1n) is 12.1. The SMILES string of the molecule is C[C@@H]1CN(c2ncccc2C(=O)NS(=O)(=O)N2CCN(C(=O)OCc3ccccc3)CC2)C(C)(C)C1. The normalized spacial score (nSPS) is 20.2. The smallest absolute Gasteiger partial charge is 0.410 e. The lowest BCUT2D eigenvalue weighted by Crippen LogP contribution is -2.54. The number of aromatic nitrogens is 1. The van der Waals surface area contributed by atoms with Crippen LogP contribution in [0.5, 0.6) is 0 Å². The van der Waals surface area contributed by atoms with Gasteiger partial charge in [-0.05, 0) is 43.9 Å². The Labute approximate surface area is 212 Å². The van der Waals surface area contributed by atoms with Crippen LogP contribution >= 0.6 is 0 Å². The first-order valence-corrected chi connectivity index (χ1v) is 13.5. The third-order valence-electron chi connectivity index (χ3n) is 6.62. The number of rotatable bonds is 6. The van der Waals surface area contributed by atoms with Gasteiger partial charge in [0.1, 0.15) is 12.4 Å². The van der Waals surface area contributed by atoms with Crippen LogP contribution < -0.4 is 9.62 Å². The maximum atomic E-state index is 13.1. The molecule has 3 heterocycles. The molecule has 0 unspecified atom stereocenters. The van der Waals surface area contributed by atoms with Crippen molar-refractivity contribution in [3.05, 3.63) is 59.8 Å². The van der Waals surface area contributed by atoms with Crippen LogP contribution in [0.1, 0.15) is 43.1 Å². The van der Waals surface area contributed by atoms with Gasteiger partial charge >= 0.3 is 16.3 Å². The lowest BCUT2D eigenvalue weighted by molar-refractivity contribution is 0.0831. The van der Waals surface area contributed by atoms with Gasteiger partial charge in [-0.3, -0.25) is 4.79 Å². The van der Waals surface area contributed by atoms with Gasteiger partial charge in [-0.25, -0.2) is 14.5 Å². The van der Waals surface area contributed by atoms with Crippen molar-refractivity contribution in [1.82, 2.24) is 18.9 Å². The van der Waals surface area contributed by atoms with Crippen LogP contribution in [0.15, 0.2) is 48.7 Å². The van der Waals surface area contributed by atoms with Crippen molar-refractivity contribution >= 4 is 28.0 Å². The first-order chi connectivity index (χ1) is 17.1. The van der Waals surface area contributed by atoms with Crippen molar-refractivity contribution in [2.24, 2.45) is 5.92 Å². The molecule has 36 heavy (non-hydrogen) atoms. The molecule has 2 aliphatic heterocycles. The number of hydrogen-bond donors (Lipinski definition) is 1. The highest BCUT2D eigenvalue weighted by Gasteiger charge is 2.39. The Morgan fingerprint density at radius 3 is 2.42 bits per heavy atom. The summed E-state index contributed by atoms with van der Waals surface area (Å²) >= 11 is 0. The van der Waals surface area contributed by atoms with Crippen molar-refractivity contribution in [3.8, 4) is 0 Å². The maximum Gasteiger partial charge on any atom is 0.410 e. The van der Waals surface area contributed by atoms with Crippen LogP contribution in [0.25, 0.3) is 0 Å². The number of amides is 2. The summed E-state index contributed by atoms with van der Waals surface area (Å²) in [5.41, 5.74) is 0.885. The molecule has 0 spiro atoms. The highest BCUT2D eigenvalue weighted by Crippen LogP contribution is 2.37. The second-order valence-corrected chi connectivity index (χ2v) is 11.6. The molecule has 0 aliphatic carbocycles. The monoisotopic (exact) mass is 515 g/mol. The highest BCUT2D eigenvalue weighted by molar-refractivity contribution is 7.87. The zero-order valence-electron chi connectivity index (χ0n) is 20.9. The van der Waals surface area contributed by atoms with E-state index < -0.39 is 22.2 Å². The summed E-state index contributed by atoms with van der Waals surface area (Å²) < 4.78 is 34.7. The lowest BCUT2D eigenvalue weighted by Gasteiger charge is -2.34. The van der Waals surface area contributed by atoms with Crippen LogP contribution in [-0.2, 0) is 21.6 Å². The number of nitrogens with one attached hydrogen (secondary N) is 1. The fraction of sp³-hybridized carbons (Fsp3) is 0.480. The van der Waals surface area contributed by atoms with Crippen LogP contribution in [0, 0.1) is 5.92 Å². The third kappa shape index (κ3) is 5.79. The number of ether oxygens (including phenoxy) is 1. The molecule has 4 rings (SSSR count). The summed E-state index contributed by atoms with van der Waals surface area (Å²) in [6, 6.07) is 12.5. The van der Waals surface area contributed by atoms with Crippen molar-refractivity contribution in [1.29, 1.82) is 0 Å². The van der Waals surface area contributed by atoms with Crippen molar-refractivity contribution in [2.75, 3.05) is 37.6 Å². The molecule has 1 aromatic heterocycles. The number of nitrogens with zero attached hydrogens (tertiary/aromatic N) is 4. The standard InChI is InChI=1S/C25H33N5O5S/c1-19-16-25(2,3)30(17-19)22-21(10-7-11-26-22)23(31)27-36(33,34)29-14-12-28(13-15-29)24(32)35-18-20-8-5-4-6-9-20/h4-11,19H,12-18H2,1-3H3,(H,27,31)/t19-/m0/s1. The molecular weight excluding hydrogens is 482 g/mol. The zero-order valence-corrected chi connectivity index (χ0v) is 21.7. The minimum Gasteiger partial charge on any atom is -0.445 e. The highest BCUT2D eigenvalue weighted by atomic mass is 32.2. The Morgan fingerprint density at radius 1 is 1.08 bits per heavy atom. The first kappa shape index (κ1) is 25.9. The molecule has 2 saturated heterocycles. The average molecular weight is 516 g/mol. The topological polar surface area (TPSA) is 112 Å². The predicted octanol–water partition coefficient (Wildman–Crippen LogP) is 2.64. The van der Waals surface area contributed by atoms with Gasteiger partial charge in [0.25, 0.3) is 5.91 Å². The van der Waals surface area contributed by atoms with E-state index in [2.05, 4.69) is 35.4 Å². The Bertz CT molecular complexity index is 1200. The minimum absolute atomic E-state index is 0.0552. The van der Waals surface area contributed by atoms with Gasteiger partial charge in [-0.15, -0.1) is 0 Å². The Hall–Kier alpha value is -3.18. The summed E-state index contributed by atoms with van der Waals surface area (Å²) in [6.07, 6.45) is 2.05. The van der Waals surface area contributed by atoms with E-state index in [1.54, 1.807) is 18.3 Å². The molecule has 0 radical (unpaired) electrons. The van der Waals surface area contributed by atoms with Crippen molar-refractivity contribution in [2.45, 2.75) is 39.3 Å². The van der Waals surface area contributed by atoms with E-state index in [4.69, 9.17) is 4.74 Å². The molecule has 10 nitrogen and oxygen atoms in total. The zero-order chi connectivity index (χ0) is 25.9. The molecule has 194 valence electrons. The number of benzene rings is 1. The molecule has 1 aromatic carbocycles. The number of piperazine rings is 1. The Morgan fingerprint density at radius 2 is 1.78 bits per heavy atom. The van der Waals surface area contributed by atoms with Crippen LogP contribution in [-0.4, -0.2) is 72.9 Å². The Balaban J connectivity index is 1.36. The summed E-state index contributed by atoms with van der Waals surface area (Å²) in [5, 5.41) is 0. The number of carbonyl (C=O) groups excluding carboxylic acids is 2. The lowest BCUT2D eigenvalue weighted by atomic mass is 9.97. The maximum absolute atomic E-state index is 13.1. The van der Waals surface area contributed by atoms with E-state index in [1.165, 1.54) is 9.21 Å². The predicted molar refractivity (Wildman–Crippen MR) is 136 cm³/mol. The van der Waals surface area contributed by atoms with Crippen molar-refractivity contribution in [3.63, 3.8) is 0 Å². The van der Waals surface area contributed by atoms with E-state index in [9.17, 15) is 18.0 Å². The number of pyridine rings is 1. The molecule has 0 bridgehead atoms. The number of carbonyl (C=O) groups is 2. The van der Waals surface area contributed by atoms with E-state index >= 15 is 0 Å². The molecule has 1 atom stereocenters.